The van der Waals surface area contributed by atoms with Crippen molar-refractivity contribution in [2.75, 3.05) is 0 Å². The Labute approximate surface area is 97.1 Å². The first-order valence-electron chi connectivity index (χ1n) is 5.11. The molecule has 1 heterocycles. The molecule has 0 amide bonds. The van der Waals surface area contributed by atoms with Gasteiger partial charge in [0.1, 0.15) is 5.54 Å². The Balaban J connectivity index is 2.22. The highest BCUT2D eigenvalue weighted by Crippen LogP contribution is 2.51. The van der Waals surface area contributed by atoms with Crippen molar-refractivity contribution in [3.63, 3.8) is 0 Å². The number of rotatable bonds is 2. The molecule has 16 heavy (non-hydrogen) atoms. The van der Waals surface area contributed by atoms with Crippen LogP contribution in [0.4, 0.5) is 0 Å². The van der Waals surface area contributed by atoms with Gasteiger partial charge in [-0.05, 0) is 25.0 Å². The maximum Gasteiger partial charge on any atom is 0.235 e. The van der Waals surface area contributed by atoms with E-state index in [0.717, 1.165) is 29.3 Å². The number of isocyanates is 1. The van der Waals surface area contributed by atoms with Gasteiger partial charge in [-0.25, -0.2) is 4.79 Å². The fourth-order valence-corrected chi connectivity index (χ4v) is 2.30. The van der Waals surface area contributed by atoms with E-state index in [1.165, 1.54) is 0 Å². The zero-order valence-corrected chi connectivity index (χ0v) is 9.21. The van der Waals surface area contributed by atoms with E-state index >= 15 is 0 Å². The molecule has 0 saturated heterocycles. The van der Waals surface area contributed by atoms with Gasteiger partial charge in [-0.3, -0.25) is 0 Å². The van der Waals surface area contributed by atoms with Crippen molar-refractivity contribution in [2.45, 2.75) is 18.4 Å². The average Bonchev–Trinajstić information content (AvgIpc) is 2.92. The number of benzene rings is 1. The molecule has 1 N–H and O–H groups in total. The maximum absolute atomic E-state index is 10.4. The van der Waals surface area contributed by atoms with Crippen LogP contribution in [0.1, 0.15) is 18.4 Å². The van der Waals surface area contributed by atoms with Crippen LogP contribution in [0.2, 0.25) is 5.02 Å². The van der Waals surface area contributed by atoms with Crippen molar-refractivity contribution >= 4 is 28.6 Å². The highest BCUT2D eigenvalue weighted by molar-refractivity contribution is 6.31. The molecular formula is C12H9ClN2O. The van der Waals surface area contributed by atoms with Gasteiger partial charge < -0.3 is 4.98 Å². The third-order valence-corrected chi connectivity index (χ3v) is 3.36. The lowest BCUT2D eigenvalue weighted by Crippen LogP contribution is -2.00. The molecule has 0 spiro atoms. The van der Waals surface area contributed by atoms with E-state index in [9.17, 15) is 4.79 Å². The molecular weight excluding hydrogens is 224 g/mol. The lowest BCUT2D eigenvalue weighted by Gasteiger charge is -2.05. The summed E-state index contributed by atoms with van der Waals surface area (Å²) in [6.45, 7) is 0. The molecule has 1 saturated carbocycles. The molecule has 1 fully saturated rings. The third-order valence-electron chi connectivity index (χ3n) is 3.13. The van der Waals surface area contributed by atoms with Crippen LogP contribution in [0.3, 0.4) is 0 Å². The number of halogens is 1. The monoisotopic (exact) mass is 232 g/mol. The summed E-state index contributed by atoms with van der Waals surface area (Å²) in [6.07, 6.45) is 5.41. The minimum Gasteiger partial charge on any atom is -0.361 e. The summed E-state index contributed by atoms with van der Waals surface area (Å²) in [5.74, 6) is 0. The van der Waals surface area contributed by atoms with E-state index in [1.807, 2.05) is 24.4 Å². The second-order valence-electron chi connectivity index (χ2n) is 4.13. The number of nitrogens with one attached hydrogen (secondary N) is 1. The van der Waals surface area contributed by atoms with Gasteiger partial charge in [0.25, 0.3) is 0 Å². The normalized spacial score (nSPS) is 17.1. The second kappa shape index (κ2) is 3.21. The molecule has 4 heteroatoms. The predicted octanol–water partition coefficient (Wildman–Crippen LogP) is 3.15. The van der Waals surface area contributed by atoms with Gasteiger partial charge in [0.05, 0.1) is 0 Å². The predicted molar refractivity (Wildman–Crippen MR) is 62.3 cm³/mol. The molecule has 0 atom stereocenters. The zero-order valence-electron chi connectivity index (χ0n) is 8.46. The van der Waals surface area contributed by atoms with Gasteiger partial charge in [-0.15, -0.1) is 0 Å². The summed E-state index contributed by atoms with van der Waals surface area (Å²) >= 11 is 5.91. The van der Waals surface area contributed by atoms with E-state index < -0.39 is 0 Å². The summed E-state index contributed by atoms with van der Waals surface area (Å²) in [4.78, 5) is 17.5. The van der Waals surface area contributed by atoms with Crippen molar-refractivity contribution in [3.05, 3.63) is 35.0 Å². The highest BCUT2D eigenvalue weighted by atomic mass is 35.5. The van der Waals surface area contributed by atoms with Crippen LogP contribution >= 0.6 is 11.6 Å². The Morgan fingerprint density at radius 1 is 1.44 bits per heavy atom. The van der Waals surface area contributed by atoms with Crippen molar-refractivity contribution in [2.24, 2.45) is 4.99 Å². The van der Waals surface area contributed by atoms with E-state index in [2.05, 4.69) is 9.98 Å². The second-order valence-corrected chi connectivity index (χ2v) is 4.56. The lowest BCUT2D eigenvalue weighted by molar-refractivity contribution is 0.556. The largest absolute Gasteiger partial charge is 0.361 e. The van der Waals surface area contributed by atoms with Crippen LogP contribution in [-0.2, 0) is 10.3 Å². The standard InChI is InChI=1S/C12H9ClN2O/c13-8-1-2-9-10(6-14-11(9)5-8)12(3-4-12)15-7-16/h1-2,5-6,14H,3-4H2. The minimum absolute atomic E-state index is 0.326. The number of H-pyrrole nitrogens is 1. The molecule has 80 valence electrons. The summed E-state index contributed by atoms with van der Waals surface area (Å²) in [5, 5.41) is 1.78. The van der Waals surface area contributed by atoms with Crippen LogP contribution in [0.25, 0.3) is 10.9 Å². The Bertz CT molecular complexity index is 607. The molecule has 0 radical (unpaired) electrons. The molecule has 0 bridgehead atoms. The first kappa shape index (κ1) is 9.64. The topological polar surface area (TPSA) is 45.2 Å². The number of nitrogens with zero attached hydrogens (tertiary/aromatic N) is 1. The Morgan fingerprint density at radius 3 is 2.94 bits per heavy atom. The minimum atomic E-state index is -0.326. The van der Waals surface area contributed by atoms with E-state index in [-0.39, 0.29) is 5.54 Å². The maximum atomic E-state index is 10.4. The Morgan fingerprint density at radius 2 is 2.25 bits per heavy atom. The summed E-state index contributed by atoms with van der Waals surface area (Å²) in [6, 6.07) is 5.69. The summed E-state index contributed by atoms with van der Waals surface area (Å²) < 4.78 is 0. The van der Waals surface area contributed by atoms with Gasteiger partial charge in [-0.1, -0.05) is 17.7 Å². The quantitative estimate of drug-likeness (QED) is 0.628. The zero-order chi connectivity index (χ0) is 11.2. The van der Waals surface area contributed by atoms with Gasteiger partial charge in [0.2, 0.25) is 6.08 Å². The molecule has 1 aliphatic carbocycles. The number of aromatic amines is 1. The summed E-state index contributed by atoms with van der Waals surface area (Å²) in [5.41, 5.74) is 1.73. The van der Waals surface area contributed by atoms with E-state index in [1.54, 1.807) is 6.08 Å². The van der Waals surface area contributed by atoms with Gasteiger partial charge >= 0.3 is 0 Å². The highest BCUT2D eigenvalue weighted by Gasteiger charge is 2.46. The summed E-state index contributed by atoms with van der Waals surface area (Å²) in [7, 11) is 0. The number of fused-ring (bicyclic) bond motifs is 1. The first-order chi connectivity index (χ1) is 7.75. The molecule has 3 rings (SSSR count). The van der Waals surface area contributed by atoms with Crippen molar-refractivity contribution in [3.8, 4) is 0 Å². The molecule has 0 unspecified atom stereocenters. The van der Waals surface area contributed by atoms with Gasteiger partial charge in [0.15, 0.2) is 0 Å². The Hall–Kier alpha value is -1.57. The fraction of sp³-hybridized carbons (Fsp3) is 0.250. The van der Waals surface area contributed by atoms with Crippen LogP contribution in [-0.4, -0.2) is 11.1 Å². The van der Waals surface area contributed by atoms with E-state index in [4.69, 9.17) is 11.6 Å². The molecule has 0 aliphatic heterocycles. The van der Waals surface area contributed by atoms with Crippen molar-refractivity contribution < 1.29 is 4.79 Å². The molecule has 1 aromatic carbocycles. The van der Waals surface area contributed by atoms with Crippen LogP contribution in [0, 0.1) is 0 Å². The molecule has 3 nitrogen and oxygen atoms in total. The SMILES string of the molecule is O=C=NC1(c2c[nH]c3cc(Cl)ccc23)CC1. The smallest absolute Gasteiger partial charge is 0.235 e. The fourth-order valence-electron chi connectivity index (χ4n) is 2.13. The lowest BCUT2D eigenvalue weighted by atomic mass is 10.0. The third kappa shape index (κ3) is 1.29. The average molecular weight is 233 g/mol. The van der Waals surface area contributed by atoms with Crippen LogP contribution in [0.5, 0.6) is 0 Å². The van der Waals surface area contributed by atoms with Crippen LogP contribution in [0.15, 0.2) is 29.4 Å². The number of aromatic nitrogens is 1. The number of carbonyl (C=O) groups excluding carboxylic acids is 1. The van der Waals surface area contributed by atoms with Gasteiger partial charge in [-0.2, -0.15) is 4.99 Å². The van der Waals surface area contributed by atoms with Crippen molar-refractivity contribution in [1.29, 1.82) is 0 Å². The molecule has 2 aromatic rings. The van der Waals surface area contributed by atoms with Crippen LogP contribution < -0.4 is 0 Å². The number of hydrogen-bond acceptors (Lipinski definition) is 2. The van der Waals surface area contributed by atoms with Gasteiger partial charge in [0, 0.05) is 27.7 Å². The van der Waals surface area contributed by atoms with Crippen molar-refractivity contribution in [1.82, 2.24) is 4.98 Å². The Kier molecular flexibility index (Phi) is 1.93. The van der Waals surface area contributed by atoms with E-state index in [0.29, 0.717) is 5.02 Å². The number of aliphatic imine (C=N–C) groups is 1. The number of hydrogen-bond donors (Lipinski definition) is 1. The first-order valence-corrected chi connectivity index (χ1v) is 5.49. The molecule has 1 aromatic heterocycles. The molecule has 1 aliphatic rings.